The molecular weight excluding hydrogens is 370 g/mol. The highest BCUT2D eigenvalue weighted by molar-refractivity contribution is 6.33. The van der Waals surface area contributed by atoms with Crippen LogP contribution in [0.15, 0.2) is 42.5 Å². The van der Waals surface area contributed by atoms with Crippen LogP contribution >= 0.6 is 11.6 Å². The van der Waals surface area contributed by atoms with Crippen LogP contribution in [0.2, 0.25) is 5.02 Å². The van der Waals surface area contributed by atoms with Crippen molar-refractivity contribution in [2.75, 3.05) is 29.1 Å². The minimum absolute atomic E-state index is 0.0963. The van der Waals surface area contributed by atoms with E-state index in [4.69, 9.17) is 22.1 Å². The highest BCUT2D eigenvalue weighted by Crippen LogP contribution is 2.24. The first-order chi connectivity index (χ1) is 13.0. The van der Waals surface area contributed by atoms with Gasteiger partial charge in [0.1, 0.15) is 0 Å². The van der Waals surface area contributed by atoms with E-state index in [9.17, 15) is 14.4 Å². The normalized spacial score (nSPS) is 13.5. The second-order valence-corrected chi connectivity index (χ2v) is 6.43. The van der Waals surface area contributed by atoms with Gasteiger partial charge in [-0.15, -0.1) is 0 Å². The summed E-state index contributed by atoms with van der Waals surface area (Å²) in [5, 5.41) is 2.87. The zero-order chi connectivity index (χ0) is 19.4. The summed E-state index contributed by atoms with van der Waals surface area (Å²) in [5.41, 5.74) is 7.27. The molecule has 0 bridgehead atoms. The van der Waals surface area contributed by atoms with E-state index in [1.54, 1.807) is 41.3 Å². The molecule has 0 spiro atoms. The Morgan fingerprint density at radius 2 is 1.93 bits per heavy atom. The third-order valence-electron chi connectivity index (χ3n) is 4.14. The van der Waals surface area contributed by atoms with Crippen molar-refractivity contribution in [2.45, 2.75) is 12.8 Å². The zero-order valence-corrected chi connectivity index (χ0v) is 15.2. The van der Waals surface area contributed by atoms with Gasteiger partial charge < -0.3 is 20.7 Å². The predicted molar refractivity (Wildman–Crippen MR) is 103 cm³/mol. The number of benzene rings is 2. The second-order valence-electron chi connectivity index (χ2n) is 6.02. The van der Waals surface area contributed by atoms with Crippen LogP contribution in [0.5, 0.6) is 0 Å². The molecule has 3 N–H and O–H groups in total. The number of hydrogen-bond donors (Lipinski definition) is 2. The van der Waals surface area contributed by atoms with E-state index < -0.39 is 18.5 Å². The van der Waals surface area contributed by atoms with E-state index in [0.717, 1.165) is 12.1 Å². The molecule has 2 aromatic rings. The summed E-state index contributed by atoms with van der Waals surface area (Å²) < 4.78 is 4.97. The Labute approximate surface area is 161 Å². The van der Waals surface area contributed by atoms with Crippen molar-refractivity contribution in [3.63, 3.8) is 0 Å². The highest BCUT2D eigenvalue weighted by Gasteiger charge is 2.21. The molecule has 2 amide bonds. The zero-order valence-electron chi connectivity index (χ0n) is 14.4. The average Bonchev–Trinajstić information content (AvgIpc) is 3.08. The fraction of sp³-hybridized carbons (Fsp3) is 0.211. The number of anilines is 3. The van der Waals surface area contributed by atoms with Crippen molar-refractivity contribution in [3.05, 3.63) is 53.1 Å². The summed E-state index contributed by atoms with van der Waals surface area (Å²) in [6.07, 6.45) is 1.40. The maximum Gasteiger partial charge on any atom is 0.340 e. The van der Waals surface area contributed by atoms with Gasteiger partial charge in [-0.05, 0) is 42.8 Å². The molecule has 1 heterocycles. The van der Waals surface area contributed by atoms with Crippen molar-refractivity contribution in [2.24, 2.45) is 0 Å². The summed E-state index contributed by atoms with van der Waals surface area (Å²) in [5.74, 6) is -1.12. The molecule has 140 valence electrons. The van der Waals surface area contributed by atoms with Crippen molar-refractivity contribution in [1.29, 1.82) is 0 Å². The number of nitrogen functional groups attached to an aromatic ring is 1. The molecule has 8 heteroatoms. The van der Waals surface area contributed by atoms with E-state index in [-0.39, 0.29) is 22.2 Å². The molecule has 0 atom stereocenters. The summed E-state index contributed by atoms with van der Waals surface area (Å²) in [6.45, 7) is 0.240. The van der Waals surface area contributed by atoms with Crippen molar-refractivity contribution in [1.82, 2.24) is 0 Å². The molecule has 27 heavy (non-hydrogen) atoms. The third-order valence-corrected chi connectivity index (χ3v) is 4.47. The second kappa shape index (κ2) is 8.09. The van der Waals surface area contributed by atoms with Crippen LogP contribution in [0.1, 0.15) is 23.2 Å². The van der Waals surface area contributed by atoms with Crippen LogP contribution in [0.3, 0.4) is 0 Å². The number of carbonyl (C=O) groups excluding carboxylic acids is 3. The van der Waals surface area contributed by atoms with Crippen molar-refractivity contribution < 1.29 is 19.1 Å². The van der Waals surface area contributed by atoms with Gasteiger partial charge in [0.25, 0.3) is 5.91 Å². The Kier molecular flexibility index (Phi) is 5.61. The van der Waals surface area contributed by atoms with Crippen LogP contribution in [0.4, 0.5) is 17.1 Å². The van der Waals surface area contributed by atoms with Gasteiger partial charge in [-0.25, -0.2) is 4.79 Å². The molecule has 1 aliphatic heterocycles. The number of amides is 2. The Balaban J connectivity index is 1.54. The van der Waals surface area contributed by atoms with Crippen LogP contribution in [-0.2, 0) is 14.3 Å². The van der Waals surface area contributed by atoms with E-state index in [1.807, 2.05) is 0 Å². The van der Waals surface area contributed by atoms with Crippen molar-refractivity contribution in [3.8, 4) is 0 Å². The molecule has 0 aromatic heterocycles. The number of nitrogens with one attached hydrogen (secondary N) is 1. The number of nitrogens with zero attached hydrogens (tertiary/aromatic N) is 1. The van der Waals surface area contributed by atoms with E-state index in [0.29, 0.717) is 18.7 Å². The highest BCUT2D eigenvalue weighted by atomic mass is 35.5. The standard InChI is InChI=1S/C19H18ClN3O4/c20-15-4-1-3-14(18(15)21)19(26)27-11-16(24)22-12-6-8-13(9-7-12)23-10-2-5-17(23)25/h1,3-4,6-9H,2,5,10-11,21H2,(H,22,24). The lowest BCUT2D eigenvalue weighted by atomic mass is 10.2. The van der Waals surface area contributed by atoms with Crippen molar-refractivity contribution >= 4 is 46.4 Å². The van der Waals surface area contributed by atoms with Crippen LogP contribution in [0, 0.1) is 0 Å². The van der Waals surface area contributed by atoms with Gasteiger partial charge in [-0.3, -0.25) is 9.59 Å². The van der Waals surface area contributed by atoms with Gasteiger partial charge in [0.2, 0.25) is 5.91 Å². The lowest BCUT2D eigenvalue weighted by Gasteiger charge is -2.16. The number of para-hydroxylation sites is 1. The summed E-state index contributed by atoms with van der Waals surface area (Å²) in [4.78, 5) is 37.5. The topological polar surface area (TPSA) is 102 Å². The predicted octanol–water partition coefficient (Wildman–Crippen LogP) is 2.84. The molecule has 0 saturated carbocycles. The molecule has 3 rings (SSSR count). The largest absolute Gasteiger partial charge is 0.452 e. The van der Waals surface area contributed by atoms with Gasteiger partial charge in [0.05, 0.1) is 16.3 Å². The van der Waals surface area contributed by atoms with Gasteiger partial charge in [0, 0.05) is 24.3 Å². The van der Waals surface area contributed by atoms with Gasteiger partial charge in [-0.2, -0.15) is 0 Å². The molecule has 0 radical (unpaired) electrons. The summed E-state index contributed by atoms with van der Waals surface area (Å²) >= 11 is 5.86. The number of nitrogens with two attached hydrogens (primary N) is 1. The number of carbonyl (C=O) groups is 3. The van der Waals surface area contributed by atoms with Crippen LogP contribution < -0.4 is 16.0 Å². The fourth-order valence-corrected chi connectivity index (χ4v) is 2.94. The van der Waals surface area contributed by atoms with Gasteiger partial charge >= 0.3 is 5.97 Å². The molecular formula is C19H18ClN3O4. The minimum Gasteiger partial charge on any atom is -0.452 e. The van der Waals surface area contributed by atoms with Crippen LogP contribution in [-0.4, -0.2) is 30.9 Å². The lowest BCUT2D eigenvalue weighted by Crippen LogP contribution is -2.24. The average molecular weight is 388 g/mol. The molecule has 2 aromatic carbocycles. The van der Waals surface area contributed by atoms with E-state index in [1.165, 1.54) is 6.07 Å². The number of ether oxygens (including phenoxy) is 1. The SMILES string of the molecule is Nc1c(Cl)cccc1C(=O)OCC(=O)Nc1ccc(N2CCCC2=O)cc1. The van der Waals surface area contributed by atoms with Crippen LogP contribution in [0.25, 0.3) is 0 Å². The summed E-state index contributed by atoms with van der Waals surface area (Å²) in [6, 6.07) is 11.5. The Morgan fingerprint density at radius 1 is 1.19 bits per heavy atom. The molecule has 0 aliphatic carbocycles. The Bertz CT molecular complexity index is 883. The number of rotatable bonds is 5. The quantitative estimate of drug-likeness (QED) is 0.606. The fourth-order valence-electron chi connectivity index (χ4n) is 2.77. The van der Waals surface area contributed by atoms with E-state index >= 15 is 0 Å². The maximum absolute atomic E-state index is 12.0. The number of halogens is 1. The van der Waals surface area contributed by atoms with Gasteiger partial charge in [-0.1, -0.05) is 17.7 Å². The monoisotopic (exact) mass is 387 g/mol. The minimum atomic E-state index is -0.729. The number of hydrogen-bond acceptors (Lipinski definition) is 5. The van der Waals surface area contributed by atoms with Gasteiger partial charge in [0.15, 0.2) is 6.61 Å². The first kappa shape index (κ1) is 18.7. The molecule has 7 nitrogen and oxygen atoms in total. The maximum atomic E-state index is 12.0. The Morgan fingerprint density at radius 3 is 2.59 bits per heavy atom. The summed E-state index contributed by atoms with van der Waals surface area (Å²) in [7, 11) is 0. The molecule has 1 aliphatic rings. The first-order valence-electron chi connectivity index (χ1n) is 8.37. The molecule has 1 fully saturated rings. The molecule has 0 unspecified atom stereocenters. The smallest absolute Gasteiger partial charge is 0.340 e. The Hall–Kier alpha value is -3.06. The molecule has 1 saturated heterocycles. The first-order valence-corrected chi connectivity index (χ1v) is 8.75. The van der Waals surface area contributed by atoms with E-state index in [2.05, 4.69) is 5.32 Å². The lowest BCUT2D eigenvalue weighted by molar-refractivity contribution is -0.119. The third kappa shape index (κ3) is 4.38. The number of esters is 1.